The van der Waals surface area contributed by atoms with E-state index in [0.29, 0.717) is 6.54 Å². The van der Waals surface area contributed by atoms with E-state index in [1.807, 2.05) is 13.1 Å². The van der Waals surface area contributed by atoms with Crippen LogP contribution < -0.4 is 5.56 Å². The molecule has 0 radical (unpaired) electrons. The van der Waals surface area contributed by atoms with Crippen molar-refractivity contribution in [2.45, 2.75) is 13.0 Å². The number of hydrogen-bond donors (Lipinski definition) is 0. The Morgan fingerprint density at radius 1 is 1.44 bits per heavy atom. The van der Waals surface area contributed by atoms with Gasteiger partial charge in [-0.1, -0.05) is 0 Å². The van der Waals surface area contributed by atoms with Gasteiger partial charge in [0.25, 0.3) is 5.56 Å². The smallest absolute Gasteiger partial charge is 0.267 e. The van der Waals surface area contributed by atoms with Crippen molar-refractivity contribution in [2.75, 3.05) is 0 Å². The molecule has 0 unspecified atom stereocenters. The van der Waals surface area contributed by atoms with Gasteiger partial charge >= 0.3 is 0 Å². The van der Waals surface area contributed by atoms with Gasteiger partial charge in [0.15, 0.2) is 0 Å². The number of aromatic nitrogens is 4. The fraction of sp³-hybridized carbons (Fsp3) is 0.300. The number of rotatable bonds is 3. The lowest BCUT2D eigenvalue weighted by Crippen LogP contribution is -2.23. The van der Waals surface area contributed by atoms with Crippen molar-refractivity contribution >= 4 is 22.6 Å². The number of nitrogens with zero attached hydrogens (tertiary/aromatic N) is 4. The Balaban J connectivity index is 2.11. The molecule has 0 saturated heterocycles. The Labute approximate surface area is 106 Å². The Hall–Kier alpha value is -1.18. The lowest BCUT2D eigenvalue weighted by Gasteiger charge is -2.04. The summed E-state index contributed by atoms with van der Waals surface area (Å²) in [6, 6.07) is 3.52. The van der Waals surface area contributed by atoms with Gasteiger partial charge < -0.3 is 0 Å². The van der Waals surface area contributed by atoms with Crippen LogP contribution in [0.15, 0.2) is 29.3 Å². The first kappa shape index (κ1) is 11.3. The zero-order chi connectivity index (χ0) is 11.5. The molecule has 0 amide bonds. The van der Waals surface area contributed by atoms with Crippen LogP contribution in [0.25, 0.3) is 0 Å². The van der Waals surface area contributed by atoms with Crippen molar-refractivity contribution in [2.24, 2.45) is 7.05 Å². The third-order valence-electron chi connectivity index (χ3n) is 2.34. The summed E-state index contributed by atoms with van der Waals surface area (Å²) in [7, 11) is 1.89. The Bertz CT molecular complexity index is 546. The Morgan fingerprint density at radius 2 is 2.25 bits per heavy atom. The summed E-state index contributed by atoms with van der Waals surface area (Å²) in [4.78, 5) is 11.6. The summed E-state index contributed by atoms with van der Waals surface area (Å²) in [6.45, 7) is 0.579. The van der Waals surface area contributed by atoms with E-state index in [9.17, 15) is 4.79 Å². The van der Waals surface area contributed by atoms with Gasteiger partial charge in [-0.2, -0.15) is 10.2 Å². The Kier molecular flexibility index (Phi) is 3.37. The van der Waals surface area contributed by atoms with Gasteiger partial charge in [-0.15, -0.1) is 0 Å². The predicted molar refractivity (Wildman–Crippen MR) is 68.1 cm³/mol. The second-order valence-corrected chi connectivity index (χ2v) is 4.68. The molecule has 0 N–H and O–H groups in total. The lowest BCUT2D eigenvalue weighted by molar-refractivity contribution is 0.556. The summed E-state index contributed by atoms with van der Waals surface area (Å²) in [5.74, 6) is 0. The molecule has 2 rings (SSSR count). The normalized spacial score (nSPS) is 10.6. The van der Waals surface area contributed by atoms with Crippen LogP contribution in [0.4, 0.5) is 0 Å². The Morgan fingerprint density at radius 3 is 2.88 bits per heavy atom. The number of aryl methyl sites for hydroxylation is 3. The predicted octanol–water partition coefficient (Wildman–Crippen LogP) is 0.824. The van der Waals surface area contributed by atoms with Gasteiger partial charge in [0, 0.05) is 35.0 Å². The van der Waals surface area contributed by atoms with Crippen LogP contribution in [0.5, 0.6) is 0 Å². The lowest BCUT2D eigenvalue weighted by atomic mass is 10.3. The summed E-state index contributed by atoms with van der Waals surface area (Å²) < 4.78 is 4.13. The minimum absolute atomic E-state index is 0.0610. The second-order valence-electron chi connectivity index (χ2n) is 3.43. The van der Waals surface area contributed by atoms with E-state index in [-0.39, 0.29) is 5.56 Å². The van der Waals surface area contributed by atoms with Gasteiger partial charge in [-0.25, -0.2) is 4.68 Å². The van der Waals surface area contributed by atoms with E-state index in [1.165, 1.54) is 4.68 Å². The molecule has 6 heteroatoms. The molecular formula is C10H11IN4O. The maximum atomic E-state index is 11.6. The van der Waals surface area contributed by atoms with E-state index in [0.717, 1.165) is 15.7 Å². The largest absolute Gasteiger partial charge is 0.273 e. The van der Waals surface area contributed by atoms with Crippen LogP contribution in [0.2, 0.25) is 0 Å². The fourth-order valence-corrected chi connectivity index (χ4v) is 1.84. The van der Waals surface area contributed by atoms with Gasteiger partial charge in [0.2, 0.25) is 0 Å². The van der Waals surface area contributed by atoms with Crippen LogP contribution in [-0.2, 0) is 20.0 Å². The molecule has 2 aromatic heterocycles. The third-order valence-corrected chi connectivity index (χ3v) is 2.93. The van der Waals surface area contributed by atoms with Gasteiger partial charge in [-0.05, 0) is 28.7 Å². The molecule has 0 aliphatic rings. The monoisotopic (exact) mass is 330 g/mol. The molecule has 2 aromatic rings. The van der Waals surface area contributed by atoms with E-state index in [4.69, 9.17) is 0 Å². The van der Waals surface area contributed by atoms with Gasteiger partial charge in [0.05, 0.1) is 12.7 Å². The highest BCUT2D eigenvalue weighted by atomic mass is 127. The van der Waals surface area contributed by atoms with Crippen molar-refractivity contribution in [1.29, 1.82) is 0 Å². The zero-order valence-corrected chi connectivity index (χ0v) is 11.0. The molecule has 0 saturated carbocycles. The molecule has 5 nitrogen and oxygen atoms in total. The van der Waals surface area contributed by atoms with Crippen molar-refractivity contribution < 1.29 is 0 Å². The first-order valence-electron chi connectivity index (χ1n) is 4.86. The highest BCUT2D eigenvalue weighted by Gasteiger charge is 2.01. The van der Waals surface area contributed by atoms with Crippen molar-refractivity contribution in [3.05, 3.63) is 44.1 Å². The van der Waals surface area contributed by atoms with E-state index < -0.39 is 0 Å². The molecular weight excluding hydrogens is 319 g/mol. The minimum atomic E-state index is -0.0610. The second kappa shape index (κ2) is 4.77. The van der Waals surface area contributed by atoms with Crippen molar-refractivity contribution in [3.8, 4) is 0 Å². The molecule has 0 aliphatic heterocycles. The molecule has 0 aliphatic carbocycles. The first-order chi connectivity index (χ1) is 7.66. The molecule has 0 bridgehead atoms. The van der Waals surface area contributed by atoms with Crippen LogP contribution in [-0.4, -0.2) is 19.6 Å². The highest BCUT2D eigenvalue weighted by molar-refractivity contribution is 14.1. The molecule has 0 spiro atoms. The maximum Gasteiger partial charge on any atom is 0.267 e. The zero-order valence-electron chi connectivity index (χ0n) is 8.80. The summed E-state index contributed by atoms with van der Waals surface area (Å²) in [5.41, 5.74) is 1.03. The SMILES string of the molecule is Cn1nccc1CCn1ncc(I)cc1=O. The molecule has 0 atom stereocenters. The average Bonchev–Trinajstić information content (AvgIpc) is 2.63. The maximum absolute atomic E-state index is 11.6. The fourth-order valence-electron chi connectivity index (χ4n) is 1.45. The molecule has 16 heavy (non-hydrogen) atoms. The topological polar surface area (TPSA) is 52.7 Å². The summed E-state index contributed by atoms with van der Waals surface area (Å²) in [5, 5.41) is 8.15. The standard InChI is InChI=1S/C10H11IN4O/c1-14-9(2-4-12-14)3-5-15-10(16)6-8(11)7-13-15/h2,4,6-7H,3,5H2,1H3. The molecule has 84 valence electrons. The number of halogens is 1. The van der Waals surface area contributed by atoms with E-state index >= 15 is 0 Å². The third kappa shape index (κ3) is 2.49. The van der Waals surface area contributed by atoms with Crippen LogP contribution in [0, 0.1) is 3.57 Å². The van der Waals surface area contributed by atoms with E-state index in [2.05, 4.69) is 32.8 Å². The number of hydrogen-bond acceptors (Lipinski definition) is 3. The van der Waals surface area contributed by atoms with Crippen molar-refractivity contribution in [3.63, 3.8) is 0 Å². The van der Waals surface area contributed by atoms with Crippen LogP contribution in [0.1, 0.15) is 5.69 Å². The highest BCUT2D eigenvalue weighted by Crippen LogP contribution is 1.99. The minimum Gasteiger partial charge on any atom is -0.273 e. The average molecular weight is 330 g/mol. The summed E-state index contributed by atoms with van der Waals surface area (Å²) >= 11 is 2.08. The quantitative estimate of drug-likeness (QED) is 0.783. The molecule has 0 fully saturated rings. The van der Waals surface area contributed by atoms with Crippen LogP contribution in [0.3, 0.4) is 0 Å². The van der Waals surface area contributed by atoms with Gasteiger partial charge in [-0.3, -0.25) is 9.48 Å². The van der Waals surface area contributed by atoms with Gasteiger partial charge in [0.1, 0.15) is 0 Å². The summed E-state index contributed by atoms with van der Waals surface area (Å²) in [6.07, 6.45) is 4.19. The first-order valence-corrected chi connectivity index (χ1v) is 5.94. The molecule has 0 aromatic carbocycles. The van der Waals surface area contributed by atoms with Crippen LogP contribution >= 0.6 is 22.6 Å². The van der Waals surface area contributed by atoms with E-state index in [1.54, 1.807) is 23.1 Å². The molecule has 2 heterocycles. The van der Waals surface area contributed by atoms with Crippen molar-refractivity contribution in [1.82, 2.24) is 19.6 Å².